The minimum atomic E-state index is 0. The highest BCUT2D eigenvalue weighted by Gasteiger charge is 2.07. The van der Waals surface area contributed by atoms with Crippen LogP contribution >= 0.6 is 35.6 Å². The predicted octanol–water partition coefficient (Wildman–Crippen LogP) is 2.83. The summed E-state index contributed by atoms with van der Waals surface area (Å²) in [5, 5.41) is 6.99. The van der Waals surface area contributed by atoms with Crippen molar-refractivity contribution >= 4 is 41.5 Å². The molecule has 0 radical (unpaired) electrons. The molecule has 0 aliphatic carbocycles. The van der Waals surface area contributed by atoms with Gasteiger partial charge in [-0.3, -0.25) is 4.99 Å². The van der Waals surface area contributed by atoms with Crippen molar-refractivity contribution in [1.29, 1.82) is 0 Å². The van der Waals surface area contributed by atoms with Crippen LogP contribution in [-0.4, -0.2) is 30.6 Å². The van der Waals surface area contributed by atoms with Crippen molar-refractivity contribution in [2.24, 2.45) is 10.9 Å². The molecule has 118 valence electrons. The van der Waals surface area contributed by atoms with Crippen molar-refractivity contribution in [3.05, 3.63) is 22.8 Å². The van der Waals surface area contributed by atoms with Gasteiger partial charge in [0, 0.05) is 25.8 Å². The maximum Gasteiger partial charge on any atom is 0.232 e. The van der Waals surface area contributed by atoms with Crippen LogP contribution in [0.4, 0.5) is 0 Å². The van der Waals surface area contributed by atoms with Crippen molar-refractivity contribution in [3.8, 4) is 5.88 Å². The van der Waals surface area contributed by atoms with E-state index in [9.17, 15) is 0 Å². The number of rotatable bonds is 5. The smallest absolute Gasteiger partial charge is 0.232 e. The first-order chi connectivity index (χ1) is 9.65. The average molecular weight is 425 g/mol. The summed E-state index contributed by atoms with van der Waals surface area (Å²) in [6, 6.07) is 1.88. The molecule has 1 aliphatic heterocycles. The summed E-state index contributed by atoms with van der Waals surface area (Å²) in [5.74, 6) is 1.79. The third-order valence-corrected chi connectivity index (χ3v) is 3.05. The van der Waals surface area contributed by atoms with Gasteiger partial charge in [-0.25, -0.2) is 4.98 Å². The average Bonchev–Trinajstić information content (AvgIpc) is 2.45. The lowest BCUT2D eigenvalue weighted by molar-refractivity contribution is 0.261. The normalized spacial score (nSPS) is 14.0. The zero-order valence-electron chi connectivity index (χ0n) is 12.4. The third-order valence-electron chi connectivity index (χ3n) is 2.77. The number of aliphatic imine (C=N–C) groups is 1. The summed E-state index contributed by atoms with van der Waals surface area (Å²) in [4.78, 5) is 8.61. The van der Waals surface area contributed by atoms with E-state index in [0.717, 1.165) is 31.0 Å². The molecule has 0 aromatic carbocycles. The SMILES string of the molecule is CC(C)COc1ncc(CNC2=NCCCN2)cc1Cl.I. The molecule has 1 aromatic rings. The zero-order valence-corrected chi connectivity index (χ0v) is 15.4. The van der Waals surface area contributed by atoms with Crippen molar-refractivity contribution < 1.29 is 4.74 Å². The van der Waals surface area contributed by atoms with Gasteiger partial charge in [0.05, 0.1) is 6.61 Å². The molecule has 5 nitrogen and oxygen atoms in total. The second-order valence-corrected chi connectivity index (χ2v) is 5.61. The van der Waals surface area contributed by atoms with Crippen LogP contribution in [0.1, 0.15) is 25.8 Å². The van der Waals surface area contributed by atoms with Crippen LogP contribution in [0, 0.1) is 5.92 Å². The Morgan fingerprint density at radius 2 is 2.29 bits per heavy atom. The third kappa shape index (κ3) is 6.25. The molecule has 7 heteroatoms. The molecule has 0 fully saturated rings. The fraction of sp³-hybridized carbons (Fsp3) is 0.571. The standard InChI is InChI=1S/C14H21ClN4O.HI/c1-10(2)9-20-13-12(15)6-11(7-18-13)8-19-14-16-4-3-5-17-14;/h6-7,10H,3-5,8-9H2,1-2H3,(H2,16,17,19);1H. The lowest BCUT2D eigenvalue weighted by Crippen LogP contribution is -2.40. The topological polar surface area (TPSA) is 58.5 Å². The fourth-order valence-electron chi connectivity index (χ4n) is 1.75. The van der Waals surface area contributed by atoms with E-state index in [4.69, 9.17) is 16.3 Å². The van der Waals surface area contributed by atoms with Crippen molar-refractivity contribution in [2.45, 2.75) is 26.8 Å². The Hall–Kier alpha value is -0.760. The van der Waals surface area contributed by atoms with Crippen LogP contribution in [0.15, 0.2) is 17.3 Å². The van der Waals surface area contributed by atoms with Gasteiger partial charge >= 0.3 is 0 Å². The quantitative estimate of drug-likeness (QED) is 0.714. The van der Waals surface area contributed by atoms with Gasteiger partial charge in [-0.05, 0) is 24.0 Å². The number of halogens is 2. The van der Waals surface area contributed by atoms with Gasteiger partial charge in [0.2, 0.25) is 5.88 Å². The molecular formula is C14H22ClIN4O. The summed E-state index contributed by atoms with van der Waals surface area (Å²) >= 11 is 6.17. The van der Waals surface area contributed by atoms with Gasteiger partial charge in [-0.1, -0.05) is 25.4 Å². The molecule has 0 amide bonds. The summed E-state index contributed by atoms with van der Waals surface area (Å²) < 4.78 is 5.55. The lowest BCUT2D eigenvalue weighted by atomic mass is 10.2. The number of nitrogens with zero attached hydrogens (tertiary/aromatic N) is 2. The highest BCUT2D eigenvalue weighted by atomic mass is 127. The van der Waals surface area contributed by atoms with Gasteiger partial charge < -0.3 is 15.4 Å². The number of ether oxygens (including phenoxy) is 1. The van der Waals surface area contributed by atoms with Crippen molar-refractivity contribution in [1.82, 2.24) is 15.6 Å². The first-order valence-electron chi connectivity index (χ1n) is 6.94. The number of guanidine groups is 1. The van der Waals surface area contributed by atoms with Gasteiger partial charge in [0.15, 0.2) is 5.96 Å². The van der Waals surface area contributed by atoms with E-state index < -0.39 is 0 Å². The fourth-order valence-corrected chi connectivity index (χ4v) is 1.99. The van der Waals surface area contributed by atoms with Crippen molar-refractivity contribution in [3.63, 3.8) is 0 Å². The van der Waals surface area contributed by atoms with Crippen LogP contribution in [0.2, 0.25) is 5.02 Å². The molecule has 0 unspecified atom stereocenters. The van der Waals surface area contributed by atoms with E-state index in [1.165, 1.54) is 0 Å². The Morgan fingerprint density at radius 3 is 2.90 bits per heavy atom. The highest BCUT2D eigenvalue weighted by Crippen LogP contribution is 2.22. The van der Waals surface area contributed by atoms with E-state index >= 15 is 0 Å². The maximum atomic E-state index is 6.17. The second kappa shape index (κ2) is 9.30. The Labute approximate surface area is 147 Å². The van der Waals surface area contributed by atoms with Crippen LogP contribution in [-0.2, 0) is 6.54 Å². The number of nitrogens with one attached hydrogen (secondary N) is 2. The predicted molar refractivity (Wildman–Crippen MR) is 96.8 cm³/mol. The largest absolute Gasteiger partial charge is 0.476 e. The van der Waals surface area contributed by atoms with Crippen molar-refractivity contribution in [2.75, 3.05) is 19.7 Å². The Balaban J connectivity index is 0.00000220. The molecule has 1 aliphatic rings. The Kier molecular flexibility index (Phi) is 8.10. The molecule has 2 heterocycles. The van der Waals surface area contributed by atoms with E-state index in [1.807, 2.05) is 6.07 Å². The molecule has 21 heavy (non-hydrogen) atoms. The maximum absolute atomic E-state index is 6.17. The van der Waals surface area contributed by atoms with E-state index in [0.29, 0.717) is 30.0 Å². The molecule has 2 rings (SSSR count). The zero-order chi connectivity index (χ0) is 14.4. The number of aromatic nitrogens is 1. The second-order valence-electron chi connectivity index (χ2n) is 5.20. The van der Waals surface area contributed by atoms with Gasteiger partial charge in [-0.2, -0.15) is 0 Å². The minimum Gasteiger partial charge on any atom is -0.476 e. The van der Waals surface area contributed by atoms with Gasteiger partial charge in [-0.15, -0.1) is 24.0 Å². The summed E-state index contributed by atoms with van der Waals surface area (Å²) in [6.07, 6.45) is 2.86. The number of pyridine rings is 1. The summed E-state index contributed by atoms with van der Waals surface area (Å²) in [7, 11) is 0. The summed E-state index contributed by atoms with van der Waals surface area (Å²) in [5.41, 5.74) is 1.00. The number of hydrogen-bond acceptors (Lipinski definition) is 5. The molecule has 1 aromatic heterocycles. The monoisotopic (exact) mass is 424 g/mol. The highest BCUT2D eigenvalue weighted by molar-refractivity contribution is 14.0. The number of hydrogen-bond donors (Lipinski definition) is 2. The van der Waals surface area contributed by atoms with Crippen LogP contribution < -0.4 is 15.4 Å². The molecule has 0 saturated heterocycles. The molecule has 0 saturated carbocycles. The lowest BCUT2D eigenvalue weighted by Gasteiger charge is -2.16. The molecule has 0 atom stereocenters. The van der Waals surface area contributed by atoms with E-state index in [2.05, 4.69) is 34.5 Å². The van der Waals surface area contributed by atoms with E-state index in [-0.39, 0.29) is 24.0 Å². The van der Waals surface area contributed by atoms with Crippen LogP contribution in [0.25, 0.3) is 0 Å². The first-order valence-corrected chi connectivity index (χ1v) is 7.32. The molecular weight excluding hydrogens is 403 g/mol. The minimum absolute atomic E-state index is 0. The van der Waals surface area contributed by atoms with Gasteiger partial charge in [0.1, 0.15) is 5.02 Å². The first kappa shape index (κ1) is 18.3. The Bertz CT molecular complexity index is 482. The van der Waals surface area contributed by atoms with Crippen LogP contribution in [0.5, 0.6) is 5.88 Å². The van der Waals surface area contributed by atoms with Crippen LogP contribution in [0.3, 0.4) is 0 Å². The summed E-state index contributed by atoms with van der Waals surface area (Å²) in [6.45, 7) is 7.27. The van der Waals surface area contributed by atoms with Gasteiger partial charge in [0.25, 0.3) is 0 Å². The van der Waals surface area contributed by atoms with E-state index in [1.54, 1.807) is 6.20 Å². The molecule has 2 N–H and O–H groups in total. The Morgan fingerprint density at radius 1 is 1.48 bits per heavy atom. The molecule has 0 spiro atoms. The molecule has 0 bridgehead atoms.